The van der Waals surface area contributed by atoms with Gasteiger partial charge in [0.2, 0.25) is 5.91 Å². The van der Waals surface area contributed by atoms with E-state index >= 15 is 0 Å². The minimum Gasteiger partial charge on any atom is -0.497 e. The van der Waals surface area contributed by atoms with E-state index in [1.54, 1.807) is 43.1 Å². The third-order valence-corrected chi connectivity index (χ3v) is 7.03. The van der Waals surface area contributed by atoms with Crippen LogP contribution in [0.2, 0.25) is 0 Å². The lowest BCUT2D eigenvalue weighted by Gasteiger charge is -2.19. The molecule has 198 valence electrons. The average molecular weight is 544 g/mol. The summed E-state index contributed by atoms with van der Waals surface area (Å²) in [4.78, 5) is 25.5. The molecule has 0 bridgehead atoms. The lowest BCUT2D eigenvalue weighted by molar-refractivity contribution is -0.113. The quantitative estimate of drug-likeness (QED) is 0.283. The molecule has 0 unspecified atom stereocenters. The molecule has 2 amide bonds. The summed E-state index contributed by atoms with van der Waals surface area (Å²) in [5, 5.41) is 15.4. The number of aromatic nitrogens is 3. The van der Waals surface area contributed by atoms with Crippen LogP contribution in [0.3, 0.4) is 0 Å². The van der Waals surface area contributed by atoms with Crippen molar-refractivity contribution in [2.75, 3.05) is 36.8 Å². The Bertz CT molecular complexity index is 1150. The zero-order valence-corrected chi connectivity index (χ0v) is 23.2. The number of amides is 2. The van der Waals surface area contributed by atoms with Crippen molar-refractivity contribution in [3.8, 4) is 11.5 Å². The second-order valence-electron chi connectivity index (χ2n) is 7.92. The van der Waals surface area contributed by atoms with E-state index in [9.17, 15) is 9.59 Å². The first-order chi connectivity index (χ1) is 18.0. The van der Waals surface area contributed by atoms with Gasteiger partial charge in [-0.1, -0.05) is 11.8 Å². The third kappa shape index (κ3) is 8.16. The molecule has 9 nitrogen and oxygen atoms in total. The maximum atomic E-state index is 13.0. The van der Waals surface area contributed by atoms with Gasteiger partial charge in [0.05, 0.1) is 25.5 Å². The van der Waals surface area contributed by atoms with Gasteiger partial charge < -0.3 is 24.7 Å². The molecule has 3 aromatic rings. The van der Waals surface area contributed by atoms with Crippen LogP contribution in [0.4, 0.5) is 5.69 Å². The van der Waals surface area contributed by atoms with Crippen molar-refractivity contribution in [2.45, 2.75) is 38.0 Å². The Morgan fingerprint density at radius 2 is 1.73 bits per heavy atom. The second kappa shape index (κ2) is 14.5. The van der Waals surface area contributed by atoms with Crippen LogP contribution < -0.4 is 20.1 Å². The Balaban J connectivity index is 1.67. The molecule has 3 rings (SSSR count). The predicted molar refractivity (Wildman–Crippen MR) is 149 cm³/mol. The SMILES string of the molecule is CCOc1ccc(NC(=O)CSc2nnc([C@@H](CCSC)NC(=O)c3ccc(OC)cc3)n2CC)cc1. The number of hydrogen-bond donors (Lipinski definition) is 2. The molecule has 1 aromatic heterocycles. The Morgan fingerprint density at radius 3 is 2.35 bits per heavy atom. The van der Waals surface area contributed by atoms with E-state index in [0.29, 0.717) is 47.6 Å². The minimum atomic E-state index is -0.318. The summed E-state index contributed by atoms with van der Waals surface area (Å²) in [6.45, 7) is 5.12. The van der Waals surface area contributed by atoms with Crippen molar-refractivity contribution in [3.63, 3.8) is 0 Å². The molecule has 1 atom stereocenters. The smallest absolute Gasteiger partial charge is 0.251 e. The lowest BCUT2D eigenvalue weighted by atomic mass is 10.1. The summed E-state index contributed by atoms with van der Waals surface area (Å²) in [5.74, 6) is 2.81. The average Bonchev–Trinajstić information content (AvgIpc) is 3.34. The van der Waals surface area contributed by atoms with E-state index in [-0.39, 0.29) is 23.6 Å². The fourth-order valence-electron chi connectivity index (χ4n) is 3.58. The van der Waals surface area contributed by atoms with Crippen LogP contribution in [0.15, 0.2) is 53.7 Å². The number of methoxy groups -OCH3 is 1. The first-order valence-corrected chi connectivity index (χ1v) is 14.4. The molecule has 11 heteroatoms. The van der Waals surface area contributed by atoms with E-state index in [0.717, 1.165) is 11.5 Å². The van der Waals surface area contributed by atoms with Gasteiger partial charge in [-0.25, -0.2) is 0 Å². The van der Waals surface area contributed by atoms with Crippen LogP contribution >= 0.6 is 23.5 Å². The summed E-state index contributed by atoms with van der Waals surface area (Å²) in [6, 6.07) is 13.9. The van der Waals surface area contributed by atoms with Crippen molar-refractivity contribution < 1.29 is 19.1 Å². The molecule has 0 spiro atoms. The van der Waals surface area contributed by atoms with Gasteiger partial charge in [-0.05, 0) is 80.8 Å². The van der Waals surface area contributed by atoms with E-state index in [4.69, 9.17) is 9.47 Å². The number of carbonyl (C=O) groups is 2. The van der Waals surface area contributed by atoms with Gasteiger partial charge in [-0.15, -0.1) is 10.2 Å². The molecule has 0 aliphatic carbocycles. The first-order valence-electron chi connectivity index (χ1n) is 12.0. The molecule has 0 saturated heterocycles. The Morgan fingerprint density at radius 1 is 1.03 bits per heavy atom. The summed E-state index contributed by atoms with van der Waals surface area (Å²) in [7, 11) is 1.59. The van der Waals surface area contributed by atoms with E-state index < -0.39 is 0 Å². The number of benzene rings is 2. The van der Waals surface area contributed by atoms with Crippen molar-refractivity contribution in [1.82, 2.24) is 20.1 Å². The summed E-state index contributed by atoms with van der Waals surface area (Å²) >= 11 is 3.01. The van der Waals surface area contributed by atoms with Crippen LogP contribution in [0, 0.1) is 0 Å². The normalized spacial score (nSPS) is 11.6. The standard InChI is InChI=1S/C26H33N5O4S2/c1-5-31-24(22(15-16-36-4)28-25(33)18-7-11-20(34-3)12-8-18)29-30-26(31)37-17-23(32)27-19-9-13-21(14-10-19)35-6-2/h7-14,22H,5-6,15-17H2,1-4H3,(H,27,32)(H,28,33)/t22-/m1/s1. The molecule has 0 saturated carbocycles. The molecule has 2 aromatic carbocycles. The first kappa shape index (κ1) is 28.4. The largest absolute Gasteiger partial charge is 0.497 e. The molecule has 0 aliphatic heterocycles. The topological polar surface area (TPSA) is 107 Å². The van der Waals surface area contributed by atoms with E-state index in [2.05, 4.69) is 20.8 Å². The fraction of sp³-hybridized carbons (Fsp3) is 0.385. The molecular weight excluding hydrogens is 510 g/mol. The van der Waals surface area contributed by atoms with Gasteiger partial charge >= 0.3 is 0 Å². The number of carbonyl (C=O) groups excluding carboxylic acids is 2. The Kier molecular flexibility index (Phi) is 11.2. The maximum Gasteiger partial charge on any atom is 0.251 e. The van der Waals surface area contributed by atoms with Crippen LogP contribution in [-0.4, -0.2) is 58.1 Å². The van der Waals surface area contributed by atoms with Crippen molar-refractivity contribution in [3.05, 3.63) is 59.9 Å². The van der Waals surface area contributed by atoms with Crippen molar-refractivity contribution >= 4 is 41.0 Å². The van der Waals surface area contributed by atoms with Crippen LogP contribution in [0.5, 0.6) is 11.5 Å². The number of nitrogens with one attached hydrogen (secondary N) is 2. The van der Waals surface area contributed by atoms with Gasteiger partial charge in [-0.2, -0.15) is 11.8 Å². The highest BCUT2D eigenvalue weighted by atomic mass is 32.2. The molecule has 2 N–H and O–H groups in total. The number of hydrogen-bond acceptors (Lipinski definition) is 8. The van der Waals surface area contributed by atoms with Crippen LogP contribution in [0.25, 0.3) is 0 Å². The fourth-order valence-corrected chi connectivity index (χ4v) is 4.86. The highest BCUT2D eigenvalue weighted by molar-refractivity contribution is 7.99. The molecule has 0 aliphatic rings. The zero-order valence-electron chi connectivity index (χ0n) is 21.5. The molecule has 0 radical (unpaired) electrons. The van der Waals surface area contributed by atoms with Gasteiger partial charge in [0.1, 0.15) is 11.5 Å². The van der Waals surface area contributed by atoms with Crippen molar-refractivity contribution in [2.24, 2.45) is 0 Å². The Hall–Kier alpha value is -3.18. The van der Waals surface area contributed by atoms with Crippen LogP contribution in [-0.2, 0) is 11.3 Å². The lowest BCUT2D eigenvalue weighted by Crippen LogP contribution is -2.31. The third-order valence-electron chi connectivity index (χ3n) is 5.42. The number of anilines is 1. The molecule has 37 heavy (non-hydrogen) atoms. The number of ether oxygens (including phenoxy) is 2. The van der Waals surface area contributed by atoms with E-state index in [1.807, 2.05) is 48.9 Å². The van der Waals surface area contributed by atoms with Crippen LogP contribution in [0.1, 0.15) is 42.5 Å². The van der Waals surface area contributed by atoms with Gasteiger partial charge in [-0.3, -0.25) is 9.59 Å². The number of rotatable bonds is 14. The second-order valence-corrected chi connectivity index (χ2v) is 9.84. The van der Waals surface area contributed by atoms with Gasteiger partial charge in [0, 0.05) is 17.8 Å². The Labute approximate surface area is 226 Å². The number of thioether (sulfide) groups is 2. The summed E-state index contributed by atoms with van der Waals surface area (Å²) in [5.41, 5.74) is 1.24. The molecular formula is C26H33N5O4S2. The summed E-state index contributed by atoms with van der Waals surface area (Å²) < 4.78 is 12.6. The van der Waals surface area contributed by atoms with E-state index in [1.165, 1.54) is 11.8 Å². The predicted octanol–water partition coefficient (Wildman–Crippen LogP) is 4.66. The molecule has 0 fully saturated rings. The highest BCUT2D eigenvalue weighted by Crippen LogP contribution is 2.25. The number of nitrogens with zero attached hydrogens (tertiary/aromatic N) is 3. The monoisotopic (exact) mass is 543 g/mol. The van der Waals surface area contributed by atoms with Crippen molar-refractivity contribution in [1.29, 1.82) is 0 Å². The molecule has 1 heterocycles. The minimum absolute atomic E-state index is 0.145. The van der Waals surface area contributed by atoms with Gasteiger partial charge in [0.25, 0.3) is 5.91 Å². The zero-order chi connectivity index (χ0) is 26.6. The summed E-state index contributed by atoms with van der Waals surface area (Å²) in [6.07, 6.45) is 2.72. The highest BCUT2D eigenvalue weighted by Gasteiger charge is 2.23. The maximum absolute atomic E-state index is 13.0. The van der Waals surface area contributed by atoms with Gasteiger partial charge in [0.15, 0.2) is 11.0 Å².